The summed E-state index contributed by atoms with van der Waals surface area (Å²) in [4.78, 5) is 2.21. The first-order chi connectivity index (χ1) is 7.79. The zero-order valence-corrected chi connectivity index (χ0v) is 10.7. The van der Waals surface area contributed by atoms with Crippen molar-refractivity contribution in [2.24, 2.45) is 0 Å². The second-order valence-corrected chi connectivity index (χ2v) is 4.65. The Morgan fingerprint density at radius 2 is 2.31 bits per heavy atom. The molecule has 0 spiro atoms. The van der Waals surface area contributed by atoms with Crippen molar-refractivity contribution in [3.8, 4) is 5.75 Å². The smallest absolute Gasteiger partial charge is 0.122 e. The summed E-state index contributed by atoms with van der Waals surface area (Å²) in [5.41, 5.74) is 2.77. The largest absolute Gasteiger partial charge is 0.493 e. The van der Waals surface area contributed by atoms with Crippen LogP contribution >= 0.6 is 12.6 Å². The van der Waals surface area contributed by atoms with Crippen molar-refractivity contribution in [1.29, 1.82) is 0 Å². The van der Waals surface area contributed by atoms with Gasteiger partial charge in [-0.1, -0.05) is 12.1 Å². The number of fused-ring (bicyclic) bond motifs is 1. The molecule has 2 nitrogen and oxygen atoms in total. The molecule has 0 aromatic heterocycles. The van der Waals surface area contributed by atoms with Crippen LogP contribution in [0.1, 0.15) is 17.5 Å². The predicted octanol–water partition coefficient (Wildman–Crippen LogP) is 2.37. The Kier molecular flexibility index (Phi) is 4.13. The molecule has 0 atom stereocenters. The van der Waals surface area contributed by atoms with Crippen LogP contribution in [0.4, 0.5) is 0 Å². The fraction of sp³-hybridized carbons (Fsp3) is 0.538. The number of benzene rings is 1. The second-order valence-electron chi connectivity index (χ2n) is 4.37. The number of aryl methyl sites for hydroxylation is 1. The molecule has 88 valence electrons. The van der Waals surface area contributed by atoms with Gasteiger partial charge in [0.1, 0.15) is 5.75 Å². The lowest BCUT2D eigenvalue weighted by molar-refractivity contribution is 0.288. The van der Waals surface area contributed by atoms with Gasteiger partial charge in [-0.15, -0.1) is 0 Å². The van der Waals surface area contributed by atoms with Crippen molar-refractivity contribution >= 4 is 12.6 Å². The van der Waals surface area contributed by atoms with Crippen LogP contribution in [-0.2, 0) is 12.8 Å². The molecule has 0 N–H and O–H groups in total. The zero-order chi connectivity index (χ0) is 11.4. The third-order valence-corrected chi connectivity index (χ3v) is 3.48. The standard InChI is InChI=1S/C13H19NOS/c1-14(10-16)7-6-11-4-5-13-12(9-11)3-2-8-15-13/h4-5,9,16H,2-3,6-8,10H2,1H3. The highest BCUT2D eigenvalue weighted by Gasteiger charge is 2.10. The molecule has 0 unspecified atom stereocenters. The van der Waals surface area contributed by atoms with Crippen LogP contribution in [0.3, 0.4) is 0 Å². The Balaban J connectivity index is 2.00. The van der Waals surface area contributed by atoms with Gasteiger partial charge < -0.3 is 4.74 Å². The molecule has 0 bridgehead atoms. The molecule has 1 aliphatic rings. The Labute approximate surface area is 103 Å². The van der Waals surface area contributed by atoms with E-state index in [1.165, 1.54) is 11.1 Å². The van der Waals surface area contributed by atoms with E-state index in [2.05, 4.69) is 42.8 Å². The molecule has 16 heavy (non-hydrogen) atoms. The van der Waals surface area contributed by atoms with E-state index < -0.39 is 0 Å². The summed E-state index contributed by atoms with van der Waals surface area (Å²) >= 11 is 4.25. The summed E-state index contributed by atoms with van der Waals surface area (Å²) < 4.78 is 5.60. The highest BCUT2D eigenvalue weighted by atomic mass is 32.1. The van der Waals surface area contributed by atoms with E-state index in [9.17, 15) is 0 Å². The summed E-state index contributed by atoms with van der Waals surface area (Å²) in [6, 6.07) is 6.59. The number of ether oxygens (including phenoxy) is 1. The first-order valence-corrected chi connectivity index (χ1v) is 6.47. The first kappa shape index (κ1) is 11.8. The summed E-state index contributed by atoms with van der Waals surface area (Å²) in [7, 11) is 2.09. The van der Waals surface area contributed by atoms with Crippen LogP contribution in [0.5, 0.6) is 5.75 Å². The van der Waals surface area contributed by atoms with Gasteiger partial charge in [0, 0.05) is 12.4 Å². The monoisotopic (exact) mass is 237 g/mol. The van der Waals surface area contributed by atoms with Crippen molar-refractivity contribution in [3.63, 3.8) is 0 Å². The third kappa shape index (κ3) is 2.92. The second kappa shape index (κ2) is 5.60. The summed E-state index contributed by atoms with van der Waals surface area (Å²) in [5, 5.41) is 0. The van der Waals surface area contributed by atoms with Crippen molar-refractivity contribution < 1.29 is 4.74 Å². The number of hydrogen-bond acceptors (Lipinski definition) is 3. The van der Waals surface area contributed by atoms with Gasteiger partial charge in [0.2, 0.25) is 0 Å². The Bertz CT molecular complexity index is 354. The molecule has 1 aromatic rings. The van der Waals surface area contributed by atoms with E-state index in [0.717, 1.165) is 44.0 Å². The number of hydrogen-bond donors (Lipinski definition) is 1. The van der Waals surface area contributed by atoms with Gasteiger partial charge in [0.05, 0.1) is 6.61 Å². The van der Waals surface area contributed by atoms with E-state index >= 15 is 0 Å². The van der Waals surface area contributed by atoms with Crippen molar-refractivity contribution in [3.05, 3.63) is 29.3 Å². The number of likely N-dealkylation sites (N-methyl/N-ethyl adjacent to an activating group) is 1. The minimum atomic E-state index is 0.814. The topological polar surface area (TPSA) is 12.5 Å². The van der Waals surface area contributed by atoms with Crippen molar-refractivity contribution in [1.82, 2.24) is 4.90 Å². The average molecular weight is 237 g/mol. The van der Waals surface area contributed by atoms with E-state index in [-0.39, 0.29) is 0 Å². The molecule has 1 aromatic carbocycles. The average Bonchev–Trinajstić information content (AvgIpc) is 2.35. The zero-order valence-electron chi connectivity index (χ0n) is 9.78. The molecular weight excluding hydrogens is 218 g/mol. The Morgan fingerprint density at radius 3 is 3.12 bits per heavy atom. The summed E-state index contributed by atoms with van der Waals surface area (Å²) in [5.74, 6) is 1.89. The summed E-state index contributed by atoms with van der Waals surface area (Å²) in [6.07, 6.45) is 3.39. The SMILES string of the molecule is CN(CS)CCc1ccc2c(c1)CCCO2. The molecule has 3 heteroatoms. The van der Waals surface area contributed by atoms with Gasteiger partial charge in [-0.05, 0) is 43.5 Å². The maximum Gasteiger partial charge on any atom is 0.122 e. The van der Waals surface area contributed by atoms with Gasteiger partial charge in [-0.3, -0.25) is 4.90 Å². The normalized spacial score (nSPS) is 14.7. The minimum absolute atomic E-state index is 0.814. The predicted molar refractivity (Wildman–Crippen MR) is 70.4 cm³/mol. The summed E-state index contributed by atoms with van der Waals surface area (Å²) in [6.45, 7) is 1.93. The Hall–Kier alpha value is -0.670. The van der Waals surface area contributed by atoms with Crippen LogP contribution in [0, 0.1) is 0 Å². The van der Waals surface area contributed by atoms with E-state index in [1.807, 2.05) is 0 Å². The number of rotatable bonds is 4. The highest BCUT2D eigenvalue weighted by molar-refractivity contribution is 7.80. The molecule has 0 amide bonds. The number of nitrogens with zero attached hydrogens (tertiary/aromatic N) is 1. The van der Waals surface area contributed by atoms with Crippen molar-refractivity contribution in [2.75, 3.05) is 26.1 Å². The lowest BCUT2D eigenvalue weighted by Gasteiger charge is -2.18. The molecule has 0 aliphatic carbocycles. The molecule has 0 radical (unpaired) electrons. The van der Waals surface area contributed by atoms with Gasteiger partial charge in [0.15, 0.2) is 0 Å². The molecule has 0 saturated heterocycles. The molecule has 0 saturated carbocycles. The van der Waals surface area contributed by atoms with E-state index in [0.29, 0.717) is 0 Å². The Morgan fingerprint density at radius 1 is 1.44 bits per heavy atom. The van der Waals surface area contributed by atoms with E-state index in [1.54, 1.807) is 0 Å². The van der Waals surface area contributed by atoms with Crippen molar-refractivity contribution in [2.45, 2.75) is 19.3 Å². The fourth-order valence-electron chi connectivity index (χ4n) is 1.96. The molecule has 1 aliphatic heterocycles. The number of thiol groups is 1. The van der Waals surface area contributed by atoms with Gasteiger partial charge in [0.25, 0.3) is 0 Å². The van der Waals surface area contributed by atoms with Crippen LogP contribution < -0.4 is 4.74 Å². The lowest BCUT2D eigenvalue weighted by Crippen LogP contribution is -2.19. The minimum Gasteiger partial charge on any atom is -0.493 e. The highest BCUT2D eigenvalue weighted by Crippen LogP contribution is 2.25. The van der Waals surface area contributed by atoms with E-state index in [4.69, 9.17) is 4.74 Å². The maximum atomic E-state index is 5.60. The van der Waals surface area contributed by atoms with Gasteiger partial charge in [-0.2, -0.15) is 12.6 Å². The first-order valence-electron chi connectivity index (χ1n) is 5.83. The van der Waals surface area contributed by atoms with Gasteiger partial charge >= 0.3 is 0 Å². The van der Waals surface area contributed by atoms with Gasteiger partial charge in [-0.25, -0.2) is 0 Å². The molecule has 1 heterocycles. The van der Waals surface area contributed by atoms with Crippen LogP contribution in [0.25, 0.3) is 0 Å². The maximum absolute atomic E-state index is 5.60. The van der Waals surface area contributed by atoms with Crippen LogP contribution in [0.15, 0.2) is 18.2 Å². The molecule has 2 rings (SSSR count). The molecule has 0 fully saturated rings. The quantitative estimate of drug-likeness (QED) is 0.637. The third-order valence-electron chi connectivity index (χ3n) is 3.00. The molecular formula is C13H19NOS. The van der Waals surface area contributed by atoms with Crippen LogP contribution in [-0.4, -0.2) is 31.0 Å². The fourth-order valence-corrected chi connectivity index (χ4v) is 2.10. The lowest BCUT2D eigenvalue weighted by atomic mass is 10.0. The van der Waals surface area contributed by atoms with Crippen LogP contribution in [0.2, 0.25) is 0 Å².